The van der Waals surface area contributed by atoms with Gasteiger partial charge in [0.15, 0.2) is 0 Å². The molecule has 1 atom stereocenters. The molecule has 2 aromatic rings. The Morgan fingerprint density at radius 3 is 2.38 bits per heavy atom. The van der Waals surface area contributed by atoms with E-state index in [4.69, 9.17) is 11.6 Å². The molecule has 1 fully saturated rings. The van der Waals surface area contributed by atoms with Crippen molar-refractivity contribution in [2.75, 3.05) is 11.9 Å². The summed E-state index contributed by atoms with van der Waals surface area (Å²) >= 11 is 5.83. The highest BCUT2D eigenvalue weighted by molar-refractivity contribution is 7.89. The van der Waals surface area contributed by atoms with Crippen LogP contribution >= 0.6 is 11.6 Å². The number of nitrogens with one attached hydrogen (secondary N) is 1. The fraction of sp³-hybridized carbons (Fsp3) is 0.278. The highest BCUT2D eigenvalue weighted by atomic mass is 35.5. The summed E-state index contributed by atoms with van der Waals surface area (Å²) in [5.41, 5.74) is 0.545. The van der Waals surface area contributed by atoms with E-state index in [-0.39, 0.29) is 11.4 Å². The number of sulfonamides is 1. The highest BCUT2D eigenvalue weighted by Crippen LogP contribution is 2.26. The molecular formula is C18H18ClFN2O3S. The molecule has 3 rings (SSSR count). The Balaban J connectivity index is 1.83. The van der Waals surface area contributed by atoms with E-state index in [9.17, 15) is 17.6 Å². The van der Waals surface area contributed by atoms with E-state index in [1.165, 1.54) is 16.4 Å². The van der Waals surface area contributed by atoms with Crippen molar-refractivity contribution in [2.24, 2.45) is 0 Å². The standard InChI is InChI=1S/C18H18ClFN2O3S/c19-13-4-8-15(9-5-13)21-18(23)17-3-1-2-12-22(17)26(24,25)16-10-6-14(20)7-11-16/h4-11,17H,1-3,12H2,(H,21,23)/t17-/m1/s1. The second-order valence-electron chi connectivity index (χ2n) is 6.08. The Morgan fingerprint density at radius 1 is 1.08 bits per heavy atom. The average Bonchev–Trinajstić information content (AvgIpc) is 2.64. The zero-order chi connectivity index (χ0) is 18.7. The lowest BCUT2D eigenvalue weighted by atomic mass is 10.0. The highest BCUT2D eigenvalue weighted by Gasteiger charge is 2.37. The maximum atomic E-state index is 13.1. The molecule has 1 aliphatic heterocycles. The lowest BCUT2D eigenvalue weighted by molar-refractivity contribution is -0.120. The Kier molecular flexibility index (Phi) is 5.60. The van der Waals surface area contributed by atoms with Gasteiger partial charge in [-0.15, -0.1) is 0 Å². The summed E-state index contributed by atoms with van der Waals surface area (Å²) in [7, 11) is -3.89. The van der Waals surface area contributed by atoms with Crippen molar-refractivity contribution in [2.45, 2.75) is 30.2 Å². The van der Waals surface area contributed by atoms with Crippen molar-refractivity contribution >= 4 is 33.2 Å². The van der Waals surface area contributed by atoms with Gasteiger partial charge in [0.05, 0.1) is 4.90 Å². The smallest absolute Gasteiger partial charge is 0.243 e. The molecule has 138 valence electrons. The third-order valence-corrected chi connectivity index (χ3v) is 6.46. The summed E-state index contributed by atoms with van der Waals surface area (Å²) in [6.45, 7) is 0.248. The van der Waals surface area contributed by atoms with Gasteiger partial charge in [0.1, 0.15) is 11.9 Å². The van der Waals surface area contributed by atoms with Crippen LogP contribution in [-0.2, 0) is 14.8 Å². The number of carbonyl (C=O) groups is 1. The van der Waals surface area contributed by atoms with Crippen LogP contribution < -0.4 is 5.32 Å². The van der Waals surface area contributed by atoms with Crippen LogP contribution in [0.4, 0.5) is 10.1 Å². The number of amides is 1. The number of benzene rings is 2. The third kappa shape index (κ3) is 4.06. The number of hydrogen-bond acceptors (Lipinski definition) is 3. The first-order valence-electron chi connectivity index (χ1n) is 8.22. The van der Waals surface area contributed by atoms with Crippen molar-refractivity contribution in [1.29, 1.82) is 0 Å². The quantitative estimate of drug-likeness (QED) is 0.857. The monoisotopic (exact) mass is 396 g/mol. The van der Waals surface area contributed by atoms with Crippen molar-refractivity contribution in [1.82, 2.24) is 4.31 Å². The Bertz CT molecular complexity index is 886. The average molecular weight is 397 g/mol. The first-order valence-corrected chi connectivity index (χ1v) is 10.0. The molecule has 0 bridgehead atoms. The van der Waals surface area contributed by atoms with E-state index in [0.717, 1.165) is 18.6 Å². The van der Waals surface area contributed by atoms with E-state index < -0.39 is 27.8 Å². The third-order valence-electron chi connectivity index (χ3n) is 4.29. The Labute approximate surface area is 156 Å². The molecule has 1 N–H and O–H groups in total. The molecule has 8 heteroatoms. The molecule has 0 radical (unpaired) electrons. The van der Waals surface area contributed by atoms with Crippen molar-refractivity contribution in [3.05, 3.63) is 59.4 Å². The van der Waals surface area contributed by atoms with Crippen LogP contribution in [0, 0.1) is 5.82 Å². The maximum absolute atomic E-state index is 13.1. The second kappa shape index (κ2) is 7.73. The number of piperidine rings is 1. The molecule has 0 unspecified atom stereocenters. The molecule has 0 aliphatic carbocycles. The fourth-order valence-electron chi connectivity index (χ4n) is 2.96. The van der Waals surface area contributed by atoms with E-state index in [2.05, 4.69) is 5.32 Å². The predicted molar refractivity (Wildman–Crippen MR) is 98.0 cm³/mol. The van der Waals surface area contributed by atoms with Crippen LogP contribution in [-0.4, -0.2) is 31.2 Å². The second-order valence-corrected chi connectivity index (χ2v) is 8.40. The van der Waals surface area contributed by atoms with E-state index in [1.54, 1.807) is 24.3 Å². The van der Waals surface area contributed by atoms with Gasteiger partial charge in [-0.25, -0.2) is 12.8 Å². The van der Waals surface area contributed by atoms with E-state index in [1.807, 2.05) is 0 Å². The van der Waals surface area contributed by atoms with Gasteiger partial charge in [-0.1, -0.05) is 18.0 Å². The molecule has 2 aromatic carbocycles. The largest absolute Gasteiger partial charge is 0.325 e. The molecule has 1 aliphatic rings. The normalized spacial score (nSPS) is 18.5. The van der Waals surface area contributed by atoms with Crippen LogP contribution in [0.3, 0.4) is 0 Å². The molecule has 1 amide bonds. The minimum absolute atomic E-state index is 0.0231. The van der Waals surface area contributed by atoms with E-state index >= 15 is 0 Å². The summed E-state index contributed by atoms with van der Waals surface area (Å²) in [5.74, 6) is -0.905. The predicted octanol–water partition coefficient (Wildman–Crippen LogP) is 3.66. The van der Waals surface area contributed by atoms with Crippen LogP contribution in [0.2, 0.25) is 5.02 Å². The fourth-order valence-corrected chi connectivity index (χ4v) is 4.74. The minimum atomic E-state index is -3.89. The van der Waals surface area contributed by atoms with Gasteiger partial charge < -0.3 is 5.32 Å². The first kappa shape index (κ1) is 18.8. The number of carbonyl (C=O) groups excluding carboxylic acids is 1. The zero-order valence-corrected chi connectivity index (χ0v) is 15.4. The number of rotatable bonds is 4. The van der Waals surface area contributed by atoms with Gasteiger partial charge in [-0.2, -0.15) is 4.31 Å². The molecule has 0 aromatic heterocycles. The zero-order valence-electron chi connectivity index (χ0n) is 13.9. The van der Waals surface area contributed by atoms with Crippen molar-refractivity contribution in [3.63, 3.8) is 0 Å². The SMILES string of the molecule is O=C(Nc1ccc(Cl)cc1)[C@H]1CCCCN1S(=O)(=O)c1ccc(F)cc1. The van der Waals surface area contributed by atoms with E-state index in [0.29, 0.717) is 23.6 Å². The van der Waals surface area contributed by atoms with Gasteiger partial charge in [-0.05, 0) is 61.4 Å². The summed E-state index contributed by atoms with van der Waals surface area (Å²) in [4.78, 5) is 12.7. The Hall–Kier alpha value is -1.96. The number of hydrogen-bond donors (Lipinski definition) is 1. The lowest BCUT2D eigenvalue weighted by Crippen LogP contribution is -2.49. The van der Waals surface area contributed by atoms with Crippen molar-refractivity contribution in [3.8, 4) is 0 Å². The molecule has 0 spiro atoms. The Morgan fingerprint density at radius 2 is 1.73 bits per heavy atom. The topological polar surface area (TPSA) is 66.5 Å². The maximum Gasteiger partial charge on any atom is 0.243 e. The van der Waals surface area contributed by atoms with Crippen molar-refractivity contribution < 1.29 is 17.6 Å². The first-order chi connectivity index (χ1) is 12.4. The summed E-state index contributed by atoms with van der Waals surface area (Å²) < 4.78 is 40.1. The minimum Gasteiger partial charge on any atom is -0.325 e. The van der Waals surface area contributed by atoms with Gasteiger partial charge >= 0.3 is 0 Å². The van der Waals surface area contributed by atoms with Crippen LogP contribution in [0.1, 0.15) is 19.3 Å². The molecule has 5 nitrogen and oxygen atoms in total. The summed E-state index contributed by atoms with van der Waals surface area (Å²) in [6, 6.07) is 10.4. The van der Waals surface area contributed by atoms with Gasteiger partial charge in [0.25, 0.3) is 0 Å². The molecular weight excluding hydrogens is 379 g/mol. The van der Waals surface area contributed by atoms with Crippen LogP contribution in [0.5, 0.6) is 0 Å². The summed E-state index contributed by atoms with van der Waals surface area (Å²) in [6.07, 6.45) is 1.86. The van der Waals surface area contributed by atoms with Gasteiger partial charge in [-0.3, -0.25) is 4.79 Å². The molecule has 26 heavy (non-hydrogen) atoms. The van der Waals surface area contributed by atoms with Gasteiger partial charge in [0.2, 0.25) is 15.9 Å². The van der Waals surface area contributed by atoms with Crippen LogP contribution in [0.15, 0.2) is 53.4 Å². The van der Waals surface area contributed by atoms with Crippen LogP contribution in [0.25, 0.3) is 0 Å². The molecule has 0 saturated carbocycles. The number of halogens is 2. The molecule has 1 heterocycles. The number of anilines is 1. The lowest BCUT2D eigenvalue weighted by Gasteiger charge is -2.33. The number of nitrogens with zero attached hydrogens (tertiary/aromatic N) is 1. The summed E-state index contributed by atoms with van der Waals surface area (Å²) in [5, 5.41) is 3.28. The molecule has 1 saturated heterocycles. The van der Waals surface area contributed by atoms with Gasteiger partial charge in [0, 0.05) is 17.3 Å².